The van der Waals surface area contributed by atoms with E-state index in [9.17, 15) is 0 Å². The molecule has 2 aromatic heterocycles. The number of aromatic nitrogens is 2. The Balaban J connectivity index is 0.00000225. The molecule has 0 fully saturated rings. The molecule has 0 atom stereocenters. The van der Waals surface area contributed by atoms with Crippen LogP contribution in [-0.4, -0.2) is 23.0 Å². The molecule has 5 nitrogen and oxygen atoms in total. The molecule has 3 aromatic rings. The number of aliphatic imine (C=N–C) groups is 1. The highest BCUT2D eigenvalue weighted by atomic mass is 127. The average molecular weight is 485 g/mol. The fraction of sp³-hybridized carbons (Fsp3) is 0.235. The fourth-order valence-electron chi connectivity index (χ4n) is 2.14. The van der Waals surface area contributed by atoms with Crippen LogP contribution in [-0.2, 0) is 13.1 Å². The smallest absolute Gasteiger partial charge is 0.191 e. The molecule has 0 radical (unpaired) electrons. The molecule has 2 N–H and O–H groups in total. The lowest BCUT2D eigenvalue weighted by Gasteiger charge is -2.09. The second-order valence-corrected chi connectivity index (χ2v) is 7.33. The van der Waals surface area contributed by atoms with Crippen LogP contribution in [0.5, 0.6) is 0 Å². The van der Waals surface area contributed by atoms with Crippen molar-refractivity contribution in [2.45, 2.75) is 20.0 Å². The van der Waals surface area contributed by atoms with Crippen LogP contribution in [0, 0.1) is 6.92 Å². The van der Waals surface area contributed by atoms with Gasteiger partial charge in [0.05, 0.1) is 18.8 Å². The molecular weight excluding hydrogens is 465 g/mol. The fourth-order valence-corrected chi connectivity index (χ4v) is 3.69. The number of rotatable bonds is 5. The molecule has 132 valence electrons. The van der Waals surface area contributed by atoms with Crippen molar-refractivity contribution in [2.24, 2.45) is 4.99 Å². The quantitative estimate of drug-likeness (QED) is 0.325. The van der Waals surface area contributed by atoms with Crippen molar-refractivity contribution < 1.29 is 0 Å². The minimum Gasteiger partial charge on any atom is -0.351 e. The third-order valence-electron chi connectivity index (χ3n) is 3.31. The lowest BCUT2D eigenvalue weighted by atomic mass is 10.2. The van der Waals surface area contributed by atoms with Crippen LogP contribution < -0.4 is 10.6 Å². The van der Waals surface area contributed by atoms with Crippen LogP contribution >= 0.6 is 46.7 Å². The monoisotopic (exact) mass is 485 g/mol. The summed E-state index contributed by atoms with van der Waals surface area (Å²) in [5, 5.41) is 10.7. The van der Waals surface area contributed by atoms with Gasteiger partial charge in [-0.25, -0.2) is 9.97 Å². The molecule has 1 aromatic carbocycles. The van der Waals surface area contributed by atoms with E-state index in [2.05, 4.69) is 50.0 Å². The highest BCUT2D eigenvalue weighted by molar-refractivity contribution is 14.0. The van der Waals surface area contributed by atoms with Gasteiger partial charge in [0.15, 0.2) is 5.96 Å². The average Bonchev–Trinajstić information content (AvgIpc) is 3.25. The molecule has 0 saturated carbocycles. The minimum atomic E-state index is 0. The van der Waals surface area contributed by atoms with E-state index in [-0.39, 0.29) is 24.0 Å². The predicted octanol–water partition coefficient (Wildman–Crippen LogP) is 4.06. The van der Waals surface area contributed by atoms with Crippen LogP contribution in [0.4, 0.5) is 0 Å². The second kappa shape index (κ2) is 9.83. The summed E-state index contributed by atoms with van der Waals surface area (Å²) in [4.78, 5) is 14.5. The third-order valence-corrected chi connectivity index (χ3v) is 5.16. The van der Waals surface area contributed by atoms with Gasteiger partial charge in [0.25, 0.3) is 0 Å². The zero-order valence-corrected chi connectivity index (χ0v) is 18.0. The van der Waals surface area contributed by atoms with E-state index in [0.717, 1.165) is 27.2 Å². The summed E-state index contributed by atoms with van der Waals surface area (Å²) in [7, 11) is 1.76. The van der Waals surface area contributed by atoms with Crippen LogP contribution in [0.15, 0.2) is 46.9 Å². The highest BCUT2D eigenvalue weighted by Gasteiger charge is 2.06. The summed E-state index contributed by atoms with van der Waals surface area (Å²) in [6.45, 7) is 3.37. The molecule has 0 bridgehead atoms. The maximum absolute atomic E-state index is 4.67. The molecular formula is C17H20IN5S2. The first-order chi connectivity index (χ1) is 11.7. The zero-order chi connectivity index (χ0) is 16.8. The first-order valence-electron chi connectivity index (χ1n) is 7.60. The predicted molar refractivity (Wildman–Crippen MR) is 117 cm³/mol. The SMILES string of the molecule is CN=C(NCc1csc(-c2ccccc2)n1)NCc1ncc(C)s1.I. The molecule has 0 aliphatic heterocycles. The molecule has 0 saturated heterocycles. The number of benzene rings is 1. The van der Waals surface area contributed by atoms with Gasteiger partial charge in [-0.1, -0.05) is 30.3 Å². The number of halogens is 1. The van der Waals surface area contributed by atoms with E-state index >= 15 is 0 Å². The molecule has 0 aliphatic carbocycles. The Kier molecular flexibility index (Phi) is 7.79. The van der Waals surface area contributed by atoms with Crippen molar-refractivity contribution in [1.82, 2.24) is 20.6 Å². The standard InChI is InChI=1S/C17H19N5S2.HI/c1-12-8-19-15(24-12)10-21-17(18-2)20-9-14-11-23-16(22-14)13-6-4-3-5-7-13;/h3-8,11H,9-10H2,1-2H3,(H2,18,20,21);1H. The Morgan fingerprint density at radius 2 is 1.92 bits per heavy atom. The Labute approximate surface area is 172 Å². The number of hydrogen-bond acceptors (Lipinski definition) is 5. The molecule has 0 unspecified atom stereocenters. The number of nitrogens with one attached hydrogen (secondary N) is 2. The van der Waals surface area contributed by atoms with Gasteiger partial charge in [-0.2, -0.15) is 0 Å². The second-order valence-electron chi connectivity index (χ2n) is 5.15. The van der Waals surface area contributed by atoms with E-state index in [1.165, 1.54) is 4.88 Å². The van der Waals surface area contributed by atoms with Crippen molar-refractivity contribution in [3.8, 4) is 10.6 Å². The van der Waals surface area contributed by atoms with Crippen molar-refractivity contribution in [1.29, 1.82) is 0 Å². The van der Waals surface area contributed by atoms with Gasteiger partial charge in [-0.15, -0.1) is 46.7 Å². The maximum atomic E-state index is 4.67. The van der Waals surface area contributed by atoms with Gasteiger partial charge in [-0.05, 0) is 6.92 Å². The van der Waals surface area contributed by atoms with Crippen LogP contribution in [0.1, 0.15) is 15.6 Å². The summed E-state index contributed by atoms with van der Waals surface area (Å²) in [6, 6.07) is 10.2. The van der Waals surface area contributed by atoms with Crippen molar-refractivity contribution >= 4 is 52.6 Å². The largest absolute Gasteiger partial charge is 0.351 e. The van der Waals surface area contributed by atoms with E-state index in [1.54, 1.807) is 29.7 Å². The summed E-state index contributed by atoms with van der Waals surface area (Å²) in [5.74, 6) is 0.747. The van der Waals surface area contributed by atoms with E-state index in [1.807, 2.05) is 24.4 Å². The van der Waals surface area contributed by atoms with Gasteiger partial charge < -0.3 is 10.6 Å². The van der Waals surface area contributed by atoms with Crippen LogP contribution in [0.25, 0.3) is 10.6 Å². The molecule has 25 heavy (non-hydrogen) atoms. The zero-order valence-electron chi connectivity index (χ0n) is 14.0. The number of thiazole rings is 2. The third kappa shape index (κ3) is 5.75. The van der Waals surface area contributed by atoms with Crippen molar-refractivity contribution in [3.05, 3.63) is 57.5 Å². The Morgan fingerprint density at radius 3 is 2.60 bits per heavy atom. The van der Waals surface area contributed by atoms with E-state index in [0.29, 0.717) is 13.1 Å². The number of aryl methyl sites for hydroxylation is 1. The van der Waals surface area contributed by atoms with E-state index < -0.39 is 0 Å². The lowest BCUT2D eigenvalue weighted by Crippen LogP contribution is -2.36. The molecule has 8 heteroatoms. The lowest BCUT2D eigenvalue weighted by molar-refractivity contribution is 0.795. The first-order valence-corrected chi connectivity index (χ1v) is 9.30. The van der Waals surface area contributed by atoms with Gasteiger partial charge >= 0.3 is 0 Å². The molecule has 0 amide bonds. The molecule has 0 aliphatic rings. The summed E-state index contributed by atoms with van der Waals surface area (Å²) in [5.41, 5.74) is 2.15. The van der Waals surface area contributed by atoms with E-state index in [4.69, 9.17) is 0 Å². The summed E-state index contributed by atoms with van der Waals surface area (Å²) < 4.78 is 0. The van der Waals surface area contributed by atoms with Gasteiger partial charge in [-0.3, -0.25) is 4.99 Å². The summed E-state index contributed by atoms with van der Waals surface area (Å²) in [6.07, 6.45) is 1.89. The number of guanidine groups is 1. The highest BCUT2D eigenvalue weighted by Crippen LogP contribution is 2.23. The summed E-state index contributed by atoms with van der Waals surface area (Å²) >= 11 is 3.34. The van der Waals surface area contributed by atoms with Crippen molar-refractivity contribution in [3.63, 3.8) is 0 Å². The minimum absolute atomic E-state index is 0. The van der Waals surface area contributed by atoms with Gasteiger partial charge in [0.1, 0.15) is 10.0 Å². The number of nitrogens with zero attached hydrogens (tertiary/aromatic N) is 3. The Hall–Kier alpha value is -1.52. The molecule has 0 spiro atoms. The van der Waals surface area contributed by atoms with Crippen LogP contribution in [0.2, 0.25) is 0 Å². The van der Waals surface area contributed by atoms with Gasteiger partial charge in [0, 0.05) is 29.1 Å². The maximum Gasteiger partial charge on any atom is 0.191 e. The Morgan fingerprint density at radius 1 is 1.16 bits per heavy atom. The molecule has 3 rings (SSSR count). The Bertz CT molecular complexity index is 813. The normalized spacial score (nSPS) is 11.0. The van der Waals surface area contributed by atoms with Gasteiger partial charge in [0.2, 0.25) is 0 Å². The number of hydrogen-bond donors (Lipinski definition) is 2. The molecule has 2 heterocycles. The first kappa shape index (κ1) is 19.8. The topological polar surface area (TPSA) is 62.2 Å². The van der Waals surface area contributed by atoms with Crippen molar-refractivity contribution in [2.75, 3.05) is 7.05 Å². The van der Waals surface area contributed by atoms with Crippen LogP contribution in [0.3, 0.4) is 0 Å².